The van der Waals surface area contributed by atoms with Crippen molar-refractivity contribution in [3.8, 4) is 12.1 Å². The molecular formula is C10H10N2O4. The second-order valence-electron chi connectivity index (χ2n) is 2.64. The van der Waals surface area contributed by atoms with Gasteiger partial charge in [0.15, 0.2) is 0 Å². The zero-order valence-corrected chi connectivity index (χ0v) is 8.94. The van der Waals surface area contributed by atoms with Crippen molar-refractivity contribution in [3.63, 3.8) is 0 Å². The van der Waals surface area contributed by atoms with E-state index in [2.05, 4.69) is 9.47 Å². The molecule has 0 aliphatic heterocycles. The number of carbonyl (C=O) groups excluding carboxylic acids is 2. The second-order valence-corrected chi connectivity index (χ2v) is 2.64. The van der Waals surface area contributed by atoms with Crippen LogP contribution in [0.1, 0.15) is 12.8 Å². The van der Waals surface area contributed by atoms with E-state index in [-0.39, 0.29) is 24.0 Å². The average Bonchev–Trinajstić information content (AvgIpc) is 2.32. The molecule has 6 nitrogen and oxygen atoms in total. The molecule has 0 aliphatic carbocycles. The summed E-state index contributed by atoms with van der Waals surface area (Å²) in [6.07, 6.45) is -0.149. The molecule has 0 N–H and O–H groups in total. The number of hydrogen-bond acceptors (Lipinski definition) is 6. The molecule has 0 aromatic heterocycles. The predicted molar refractivity (Wildman–Crippen MR) is 51.5 cm³/mol. The van der Waals surface area contributed by atoms with Crippen molar-refractivity contribution < 1.29 is 19.1 Å². The lowest BCUT2D eigenvalue weighted by Gasteiger charge is -2.04. The summed E-state index contributed by atoms with van der Waals surface area (Å²) in [7, 11) is 2.34. The Bertz CT molecular complexity index is 382. The van der Waals surface area contributed by atoms with Gasteiger partial charge < -0.3 is 9.47 Å². The van der Waals surface area contributed by atoms with Gasteiger partial charge >= 0.3 is 11.9 Å². The van der Waals surface area contributed by atoms with Crippen LogP contribution < -0.4 is 0 Å². The van der Waals surface area contributed by atoms with E-state index in [0.29, 0.717) is 0 Å². The first kappa shape index (κ1) is 13.7. The summed E-state index contributed by atoms with van der Waals surface area (Å²) < 4.78 is 8.79. The van der Waals surface area contributed by atoms with Crippen molar-refractivity contribution in [2.75, 3.05) is 14.2 Å². The molecular weight excluding hydrogens is 212 g/mol. The fourth-order valence-corrected chi connectivity index (χ4v) is 0.941. The highest BCUT2D eigenvalue weighted by Crippen LogP contribution is 2.13. The van der Waals surface area contributed by atoms with E-state index in [4.69, 9.17) is 10.5 Å². The molecule has 6 heteroatoms. The Morgan fingerprint density at radius 3 is 2.00 bits per heavy atom. The number of hydrogen-bond donors (Lipinski definition) is 0. The molecule has 0 aromatic carbocycles. The number of nitriles is 2. The summed E-state index contributed by atoms with van der Waals surface area (Å²) in [5, 5.41) is 17.2. The summed E-state index contributed by atoms with van der Waals surface area (Å²) in [4.78, 5) is 22.1. The Morgan fingerprint density at radius 1 is 1.06 bits per heavy atom. The van der Waals surface area contributed by atoms with Crippen LogP contribution in [0.4, 0.5) is 0 Å². The lowest BCUT2D eigenvalue weighted by atomic mass is 10.1. The van der Waals surface area contributed by atoms with E-state index in [1.165, 1.54) is 7.11 Å². The van der Waals surface area contributed by atoms with Crippen LogP contribution in [0, 0.1) is 22.7 Å². The monoisotopic (exact) mass is 222 g/mol. The minimum atomic E-state index is -0.790. The Kier molecular flexibility index (Phi) is 5.99. The number of allylic oxidation sites excluding steroid dienone is 1. The highest BCUT2D eigenvalue weighted by Gasteiger charge is 2.17. The highest BCUT2D eigenvalue weighted by atomic mass is 16.5. The van der Waals surface area contributed by atoms with Crippen LogP contribution in [0.15, 0.2) is 11.1 Å². The molecule has 0 fully saturated rings. The zero-order chi connectivity index (χ0) is 12.6. The van der Waals surface area contributed by atoms with Crippen LogP contribution in [0.2, 0.25) is 0 Å². The Labute approximate surface area is 92.7 Å². The lowest BCUT2D eigenvalue weighted by Crippen LogP contribution is -2.10. The van der Waals surface area contributed by atoms with Gasteiger partial charge in [0.05, 0.1) is 19.8 Å². The Balaban J connectivity index is 4.94. The molecule has 0 radical (unpaired) electrons. The van der Waals surface area contributed by atoms with Gasteiger partial charge in [-0.2, -0.15) is 10.5 Å². The maximum Gasteiger partial charge on any atom is 0.335 e. The summed E-state index contributed by atoms with van der Waals surface area (Å²) >= 11 is 0. The van der Waals surface area contributed by atoms with Crippen molar-refractivity contribution >= 4 is 11.9 Å². The van der Waals surface area contributed by atoms with Crippen LogP contribution in [0.5, 0.6) is 0 Å². The molecule has 0 heterocycles. The van der Waals surface area contributed by atoms with Gasteiger partial charge in [-0.3, -0.25) is 4.79 Å². The third kappa shape index (κ3) is 3.81. The first-order valence-electron chi connectivity index (χ1n) is 4.29. The van der Waals surface area contributed by atoms with Gasteiger partial charge in [0.1, 0.15) is 17.7 Å². The standard InChI is InChI=1S/C10H10N2O4/c1-15-9(13)4-3-8(10(14)16-2)7(5-11)6-12/h3-4H2,1-2H3. The first-order valence-corrected chi connectivity index (χ1v) is 4.29. The zero-order valence-electron chi connectivity index (χ0n) is 8.94. The maximum atomic E-state index is 11.2. The van der Waals surface area contributed by atoms with Crippen LogP contribution >= 0.6 is 0 Å². The number of methoxy groups -OCH3 is 2. The number of carbonyl (C=O) groups is 2. The van der Waals surface area contributed by atoms with Gasteiger partial charge in [-0.1, -0.05) is 0 Å². The van der Waals surface area contributed by atoms with Gasteiger partial charge in [-0.05, 0) is 6.42 Å². The van der Waals surface area contributed by atoms with Crippen LogP contribution in [0.3, 0.4) is 0 Å². The van der Waals surface area contributed by atoms with Crippen molar-refractivity contribution in [1.82, 2.24) is 0 Å². The van der Waals surface area contributed by atoms with Gasteiger partial charge in [0.2, 0.25) is 0 Å². The maximum absolute atomic E-state index is 11.2. The largest absolute Gasteiger partial charge is 0.469 e. The van der Waals surface area contributed by atoms with E-state index < -0.39 is 11.9 Å². The highest BCUT2D eigenvalue weighted by molar-refractivity contribution is 5.91. The van der Waals surface area contributed by atoms with Gasteiger partial charge in [0, 0.05) is 6.42 Å². The molecule has 0 aromatic rings. The summed E-state index contributed by atoms with van der Waals surface area (Å²) in [6, 6.07) is 3.15. The topological polar surface area (TPSA) is 100 Å². The molecule has 16 heavy (non-hydrogen) atoms. The van der Waals surface area contributed by atoms with Crippen molar-refractivity contribution in [2.24, 2.45) is 0 Å². The number of nitrogens with zero attached hydrogens (tertiary/aromatic N) is 2. The van der Waals surface area contributed by atoms with Crippen molar-refractivity contribution in [2.45, 2.75) is 12.8 Å². The summed E-state index contributed by atoms with van der Waals surface area (Å²) in [6.45, 7) is 0. The molecule has 0 aliphatic rings. The van der Waals surface area contributed by atoms with Crippen molar-refractivity contribution in [1.29, 1.82) is 10.5 Å². The van der Waals surface area contributed by atoms with Gasteiger partial charge in [0.25, 0.3) is 0 Å². The summed E-state index contributed by atoms with van der Waals surface area (Å²) in [5.74, 6) is -1.32. The van der Waals surface area contributed by atoms with E-state index in [1.807, 2.05) is 0 Å². The molecule has 0 rings (SSSR count). The molecule has 0 unspecified atom stereocenters. The third-order valence-electron chi connectivity index (χ3n) is 1.76. The van der Waals surface area contributed by atoms with Crippen LogP contribution in [-0.2, 0) is 19.1 Å². The fraction of sp³-hybridized carbons (Fsp3) is 0.400. The molecule has 0 spiro atoms. The molecule has 0 bridgehead atoms. The minimum Gasteiger partial charge on any atom is -0.469 e. The van der Waals surface area contributed by atoms with Gasteiger partial charge in [-0.15, -0.1) is 0 Å². The minimum absolute atomic E-state index is 0.0597. The van der Waals surface area contributed by atoms with Gasteiger partial charge in [-0.25, -0.2) is 4.79 Å². The SMILES string of the molecule is COC(=O)CCC(C(=O)OC)=C(C#N)C#N. The molecule has 0 atom stereocenters. The predicted octanol–water partition coefficient (Wildman–Crippen LogP) is 0.456. The van der Waals surface area contributed by atoms with Crippen LogP contribution in [0.25, 0.3) is 0 Å². The first-order chi connectivity index (χ1) is 7.60. The van der Waals surface area contributed by atoms with Crippen LogP contribution in [-0.4, -0.2) is 26.2 Å². The van der Waals surface area contributed by atoms with E-state index in [9.17, 15) is 9.59 Å². The normalized spacial score (nSPS) is 8.25. The summed E-state index contributed by atoms with van der Waals surface area (Å²) in [5.41, 5.74) is -0.464. The average molecular weight is 222 g/mol. The van der Waals surface area contributed by atoms with Crippen molar-refractivity contribution in [3.05, 3.63) is 11.1 Å². The lowest BCUT2D eigenvalue weighted by molar-refractivity contribution is -0.140. The third-order valence-corrected chi connectivity index (χ3v) is 1.76. The number of rotatable bonds is 4. The Hall–Kier alpha value is -2.34. The van der Waals surface area contributed by atoms with E-state index >= 15 is 0 Å². The number of esters is 2. The molecule has 0 amide bonds. The quantitative estimate of drug-likeness (QED) is 0.389. The Morgan fingerprint density at radius 2 is 1.62 bits per heavy atom. The fourth-order valence-electron chi connectivity index (χ4n) is 0.941. The molecule has 0 saturated heterocycles. The second kappa shape index (κ2) is 7.02. The smallest absolute Gasteiger partial charge is 0.335 e. The van der Waals surface area contributed by atoms with E-state index in [0.717, 1.165) is 7.11 Å². The molecule has 84 valence electrons. The van der Waals surface area contributed by atoms with E-state index in [1.54, 1.807) is 12.1 Å². The molecule has 0 saturated carbocycles. The number of ether oxygens (including phenoxy) is 2.